The third kappa shape index (κ3) is 1.94. The highest BCUT2D eigenvalue weighted by Gasteiger charge is 2.40. The quantitative estimate of drug-likeness (QED) is 0.649. The Bertz CT molecular complexity index is 138. The molecule has 11 heavy (non-hydrogen) atoms. The third-order valence-electron chi connectivity index (χ3n) is 2.90. The van der Waals surface area contributed by atoms with E-state index >= 15 is 0 Å². The van der Waals surface area contributed by atoms with Crippen molar-refractivity contribution < 1.29 is 4.74 Å². The van der Waals surface area contributed by atoms with E-state index in [2.05, 4.69) is 0 Å². The second kappa shape index (κ2) is 2.76. The monoisotopic (exact) mass is 155 g/mol. The van der Waals surface area contributed by atoms with Crippen molar-refractivity contribution >= 4 is 0 Å². The van der Waals surface area contributed by atoms with Gasteiger partial charge in [0.15, 0.2) is 0 Å². The molecule has 0 amide bonds. The summed E-state index contributed by atoms with van der Waals surface area (Å²) in [6, 6.07) is 0. The van der Waals surface area contributed by atoms with Gasteiger partial charge in [-0.3, -0.25) is 0 Å². The van der Waals surface area contributed by atoms with Crippen LogP contribution >= 0.6 is 0 Å². The van der Waals surface area contributed by atoms with Gasteiger partial charge in [0, 0.05) is 6.61 Å². The number of ether oxygens (including phenoxy) is 1. The van der Waals surface area contributed by atoms with Crippen LogP contribution in [-0.4, -0.2) is 19.3 Å². The number of hydrogen-bond donors (Lipinski definition) is 1. The molecule has 0 unspecified atom stereocenters. The van der Waals surface area contributed by atoms with Crippen molar-refractivity contribution in [2.24, 2.45) is 11.1 Å². The maximum absolute atomic E-state index is 5.65. The molecular weight excluding hydrogens is 138 g/mol. The summed E-state index contributed by atoms with van der Waals surface area (Å²) >= 11 is 0. The van der Waals surface area contributed by atoms with Gasteiger partial charge in [0.2, 0.25) is 0 Å². The van der Waals surface area contributed by atoms with E-state index in [1.165, 1.54) is 32.1 Å². The molecule has 2 saturated carbocycles. The molecule has 0 spiro atoms. The predicted molar refractivity (Wildman–Crippen MR) is 44.3 cm³/mol. The van der Waals surface area contributed by atoms with E-state index in [4.69, 9.17) is 10.5 Å². The number of hydrogen-bond acceptors (Lipinski definition) is 2. The first-order valence-corrected chi connectivity index (χ1v) is 4.66. The minimum atomic E-state index is 0.509. The average Bonchev–Trinajstić information content (AvgIpc) is 2.80. The number of rotatable bonds is 5. The van der Waals surface area contributed by atoms with E-state index in [-0.39, 0.29) is 0 Å². The van der Waals surface area contributed by atoms with Crippen LogP contribution in [-0.2, 0) is 4.74 Å². The zero-order valence-electron chi connectivity index (χ0n) is 7.01. The Balaban J connectivity index is 1.58. The molecular formula is C9H17NO. The Labute approximate surface area is 68.1 Å². The lowest BCUT2D eigenvalue weighted by molar-refractivity contribution is 0.104. The first-order valence-electron chi connectivity index (χ1n) is 4.66. The Kier molecular flexibility index (Phi) is 1.90. The summed E-state index contributed by atoms with van der Waals surface area (Å²) in [6.07, 6.45) is 7.05. The maximum atomic E-state index is 5.65. The molecule has 0 aromatic carbocycles. The van der Waals surface area contributed by atoms with Crippen molar-refractivity contribution in [3.05, 3.63) is 0 Å². The molecule has 0 bridgehead atoms. The standard InChI is InChI=1S/C9H17NO/c10-7-9(3-4-9)5-6-11-8-1-2-8/h8H,1-7,10H2. The second-order valence-corrected chi connectivity index (χ2v) is 4.02. The molecule has 0 aromatic rings. The summed E-state index contributed by atoms with van der Waals surface area (Å²) in [5.74, 6) is 0. The van der Waals surface area contributed by atoms with Gasteiger partial charge in [0.05, 0.1) is 6.10 Å². The van der Waals surface area contributed by atoms with Gasteiger partial charge in [-0.2, -0.15) is 0 Å². The largest absolute Gasteiger partial charge is 0.378 e. The molecule has 0 radical (unpaired) electrons. The van der Waals surface area contributed by atoms with Crippen LogP contribution in [0.25, 0.3) is 0 Å². The van der Waals surface area contributed by atoms with Gasteiger partial charge in [-0.1, -0.05) is 0 Å². The van der Waals surface area contributed by atoms with Crippen molar-refractivity contribution in [3.63, 3.8) is 0 Å². The molecule has 2 aliphatic carbocycles. The zero-order chi connectivity index (χ0) is 7.73. The van der Waals surface area contributed by atoms with Crippen LogP contribution in [0.5, 0.6) is 0 Å². The lowest BCUT2D eigenvalue weighted by Crippen LogP contribution is -2.17. The van der Waals surface area contributed by atoms with Crippen molar-refractivity contribution in [1.29, 1.82) is 0 Å². The summed E-state index contributed by atoms with van der Waals surface area (Å²) in [6.45, 7) is 1.81. The minimum Gasteiger partial charge on any atom is -0.378 e. The molecule has 2 fully saturated rings. The van der Waals surface area contributed by atoms with Crippen LogP contribution in [0, 0.1) is 5.41 Å². The Hall–Kier alpha value is -0.0800. The summed E-state index contributed by atoms with van der Waals surface area (Å²) in [5.41, 5.74) is 6.15. The van der Waals surface area contributed by atoms with Crippen LogP contribution in [0.3, 0.4) is 0 Å². The Morgan fingerprint density at radius 1 is 1.36 bits per heavy atom. The Morgan fingerprint density at radius 3 is 2.55 bits per heavy atom. The molecule has 0 aromatic heterocycles. The minimum absolute atomic E-state index is 0.509. The van der Waals surface area contributed by atoms with Crippen molar-refractivity contribution in [1.82, 2.24) is 0 Å². The Morgan fingerprint density at radius 2 is 2.09 bits per heavy atom. The van der Waals surface area contributed by atoms with Crippen LogP contribution < -0.4 is 5.73 Å². The smallest absolute Gasteiger partial charge is 0.0577 e. The van der Waals surface area contributed by atoms with Gasteiger partial charge in [-0.15, -0.1) is 0 Å². The van der Waals surface area contributed by atoms with Gasteiger partial charge < -0.3 is 10.5 Å². The number of nitrogens with two attached hydrogens (primary N) is 1. The molecule has 0 heterocycles. The third-order valence-corrected chi connectivity index (χ3v) is 2.90. The van der Waals surface area contributed by atoms with E-state index < -0.39 is 0 Å². The normalized spacial score (nSPS) is 27.0. The van der Waals surface area contributed by atoms with Gasteiger partial charge in [0.25, 0.3) is 0 Å². The zero-order valence-corrected chi connectivity index (χ0v) is 7.01. The van der Waals surface area contributed by atoms with E-state index in [0.717, 1.165) is 13.2 Å². The highest BCUT2D eigenvalue weighted by Crippen LogP contribution is 2.47. The lowest BCUT2D eigenvalue weighted by Gasteiger charge is -2.11. The van der Waals surface area contributed by atoms with E-state index in [1.807, 2.05) is 0 Å². The predicted octanol–water partition coefficient (Wildman–Crippen LogP) is 1.29. The van der Waals surface area contributed by atoms with Gasteiger partial charge in [0.1, 0.15) is 0 Å². The van der Waals surface area contributed by atoms with Crippen LogP contribution in [0.4, 0.5) is 0 Å². The average molecular weight is 155 g/mol. The molecule has 2 rings (SSSR count). The molecule has 0 saturated heterocycles. The molecule has 2 nitrogen and oxygen atoms in total. The lowest BCUT2D eigenvalue weighted by atomic mass is 10.0. The molecule has 0 aliphatic heterocycles. The molecule has 0 atom stereocenters. The topological polar surface area (TPSA) is 35.2 Å². The fourth-order valence-corrected chi connectivity index (χ4v) is 1.41. The highest BCUT2D eigenvalue weighted by molar-refractivity contribution is 4.93. The molecule has 2 aliphatic rings. The molecule has 2 heteroatoms. The van der Waals surface area contributed by atoms with E-state index in [0.29, 0.717) is 11.5 Å². The fraction of sp³-hybridized carbons (Fsp3) is 1.00. The van der Waals surface area contributed by atoms with E-state index in [1.54, 1.807) is 0 Å². The van der Waals surface area contributed by atoms with Crippen LogP contribution in [0.1, 0.15) is 32.1 Å². The van der Waals surface area contributed by atoms with Gasteiger partial charge in [-0.05, 0) is 44.1 Å². The van der Waals surface area contributed by atoms with Crippen molar-refractivity contribution in [2.45, 2.75) is 38.2 Å². The second-order valence-electron chi connectivity index (χ2n) is 4.02. The summed E-state index contributed by atoms with van der Waals surface area (Å²) in [5, 5.41) is 0. The first-order chi connectivity index (χ1) is 5.35. The van der Waals surface area contributed by atoms with Gasteiger partial charge in [-0.25, -0.2) is 0 Å². The summed E-state index contributed by atoms with van der Waals surface area (Å²) in [7, 11) is 0. The van der Waals surface area contributed by atoms with Gasteiger partial charge >= 0.3 is 0 Å². The summed E-state index contributed by atoms with van der Waals surface area (Å²) < 4.78 is 5.58. The SMILES string of the molecule is NCC1(CCOC2CC2)CC1. The molecule has 64 valence electrons. The highest BCUT2D eigenvalue weighted by atomic mass is 16.5. The fourth-order valence-electron chi connectivity index (χ4n) is 1.41. The summed E-state index contributed by atoms with van der Waals surface area (Å²) in [4.78, 5) is 0. The first kappa shape index (κ1) is 7.56. The van der Waals surface area contributed by atoms with E-state index in [9.17, 15) is 0 Å². The van der Waals surface area contributed by atoms with Crippen LogP contribution in [0.2, 0.25) is 0 Å². The van der Waals surface area contributed by atoms with Crippen molar-refractivity contribution in [3.8, 4) is 0 Å². The van der Waals surface area contributed by atoms with Crippen molar-refractivity contribution in [2.75, 3.05) is 13.2 Å². The molecule has 2 N–H and O–H groups in total. The van der Waals surface area contributed by atoms with Crippen LogP contribution in [0.15, 0.2) is 0 Å². The maximum Gasteiger partial charge on any atom is 0.0577 e.